The van der Waals surface area contributed by atoms with E-state index >= 15 is 0 Å². The number of benzene rings is 1. The fraction of sp³-hybridized carbons (Fsp3) is 0.462. The van der Waals surface area contributed by atoms with Crippen molar-refractivity contribution < 1.29 is 0 Å². The van der Waals surface area contributed by atoms with Crippen molar-refractivity contribution in [2.24, 2.45) is 0 Å². The second-order valence-electron chi connectivity index (χ2n) is 4.85. The zero-order valence-corrected chi connectivity index (χ0v) is 11.3. The number of nitrogens with one attached hydrogen (secondary N) is 1. The number of aromatic nitrogens is 4. The molecule has 0 unspecified atom stereocenters. The summed E-state index contributed by atoms with van der Waals surface area (Å²) in [5.41, 5.74) is 2.15. The Morgan fingerprint density at radius 2 is 1.65 bits per heavy atom. The van der Waals surface area contributed by atoms with E-state index in [0.29, 0.717) is 17.9 Å². The van der Waals surface area contributed by atoms with Crippen LogP contribution in [0.2, 0.25) is 0 Å². The van der Waals surface area contributed by atoms with Crippen molar-refractivity contribution in [1.29, 1.82) is 0 Å². The third-order valence-electron chi connectivity index (χ3n) is 2.88. The van der Waals surface area contributed by atoms with Gasteiger partial charge >= 0.3 is 52.6 Å². The van der Waals surface area contributed by atoms with Gasteiger partial charge in [-0.2, -0.15) is 5.21 Å². The van der Waals surface area contributed by atoms with E-state index in [1.807, 2.05) is 18.2 Å². The molecule has 0 saturated heterocycles. The van der Waals surface area contributed by atoms with E-state index in [0.717, 1.165) is 11.3 Å². The van der Waals surface area contributed by atoms with Gasteiger partial charge in [0.25, 0.3) is 0 Å². The van der Waals surface area contributed by atoms with Crippen LogP contribution in [0.25, 0.3) is 11.4 Å². The number of tetrazole rings is 1. The van der Waals surface area contributed by atoms with Gasteiger partial charge < -0.3 is 4.90 Å². The summed E-state index contributed by atoms with van der Waals surface area (Å²) in [6, 6.07) is 8.99. The average molecular weight is 296 g/mol. The minimum absolute atomic E-state index is 0. The first kappa shape index (κ1) is 19.9. The van der Waals surface area contributed by atoms with Crippen molar-refractivity contribution >= 4 is 58.3 Å². The number of anilines is 1. The maximum atomic E-state index is 4.07. The number of H-pyrrole nitrogens is 1. The normalized spacial score (nSPS) is 10.1. The van der Waals surface area contributed by atoms with Crippen LogP contribution in [-0.4, -0.2) is 85.3 Å². The topological polar surface area (TPSA) is 57.7 Å². The molecule has 0 radical (unpaired) electrons. The van der Waals surface area contributed by atoms with Gasteiger partial charge in [0, 0.05) is 23.3 Å². The molecule has 0 aliphatic carbocycles. The number of nitrogens with zero attached hydrogens (tertiary/aromatic N) is 4. The van der Waals surface area contributed by atoms with Crippen LogP contribution < -0.4 is 4.90 Å². The molecular formula is C13H22MgN5Na. The van der Waals surface area contributed by atoms with E-state index in [9.17, 15) is 0 Å². The van der Waals surface area contributed by atoms with Crippen molar-refractivity contribution in [2.45, 2.75) is 39.8 Å². The van der Waals surface area contributed by atoms with Gasteiger partial charge in [0.15, 0.2) is 0 Å². The van der Waals surface area contributed by atoms with E-state index in [1.165, 1.54) is 0 Å². The number of hydrogen-bond acceptors (Lipinski definition) is 4. The van der Waals surface area contributed by atoms with E-state index in [1.54, 1.807) is 0 Å². The molecule has 0 amide bonds. The van der Waals surface area contributed by atoms with Crippen molar-refractivity contribution in [3.05, 3.63) is 24.3 Å². The summed E-state index contributed by atoms with van der Waals surface area (Å²) in [7, 11) is 0. The van der Waals surface area contributed by atoms with E-state index in [4.69, 9.17) is 0 Å². The quantitative estimate of drug-likeness (QED) is 0.853. The Bertz CT molecular complexity index is 493. The van der Waals surface area contributed by atoms with Gasteiger partial charge in [0.2, 0.25) is 5.82 Å². The first-order valence-corrected chi connectivity index (χ1v) is 6.22. The molecule has 1 heterocycles. The zero-order chi connectivity index (χ0) is 13.1. The van der Waals surface area contributed by atoms with Gasteiger partial charge in [0.05, 0.1) is 0 Å². The van der Waals surface area contributed by atoms with Crippen LogP contribution in [0, 0.1) is 0 Å². The summed E-state index contributed by atoms with van der Waals surface area (Å²) in [5.74, 6) is 0.636. The van der Waals surface area contributed by atoms with Crippen molar-refractivity contribution in [2.75, 3.05) is 4.90 Å². The molecule has 7 heteroatoms. The van der Waals surface area contributed by atoms with Gasteiger partial charge in [-0.15, -0.1) is 10.2 Å². The fourth-order valence-corrected chi connectivity index (χ4v) is 2.32. The summed E-state index contributed by atoms with van der Waals surface area (Å²) in [4.78, 5) is 2.35. The standard InChI is InChI=1S/C13H19N5.Mg.Na.3H/c1-9(2)18(10(3)4)12-8-6-5-7-11(12)13-14-16-17-15-13;;;;;/h5-10H,1-4H3,(H,14,15,16,17);;;;;. The summed E-state index contributed by atoms with van der Waals surface area (Å²) < 4.78 is 0. The molecule has 0 spiro atoms. The Kier molecular flexibility index (Phi) is 8.93. The zero-order valence-electron chi connectivity index (χ0n) is 11.3. The molecule has 0 atom stereocenters. The van der Waals surface area contributed by atoms with Gasteiger partial charge in [-0.3, -0.25) is 0 Å². The number of para-hydroxylation sites is 1. The van der Waals surface area contributed by atoms with Crippen LogP contribution in [0.5, 0.6) is 0 Å². The molecule has 0 saturated carbocycles. The number of hydrogen-bond donors (Lipinski definition) is 1. The van der Waals surface area contributed by atoms with Crippen LogP contribution in [-0.2, 0) is 0 Å². The summed E-state index contributed by atoms with van der Waals surface area (Å²) in [6.07, 6.45) is 0. The van der Waals surface area contributed by atoms with E-state index in [-0.39, 0.29) is 52.6 Å². The van der Waals surface area contributed by atoms with E-state index in [2.05, 4.69) is 59.3 Å². The SMILES string of the molecule is CC(C)N(c1ccccc1-c1nn[nH]n1)C(C)C.[MgH2].[NaH]. The van der Waals surface area contributed by atoms with Gasteiger partial charge in [0.1, 0.15) is 0 Å². The van der Waals surface area contributed by atoms with E-state index < -0.39 is 0 Å². The fourth-order valence-electron chi connectivity index (χ4n) is 2.32. The van der Waals surface area contributed by atoms with Crippen LogP contribution in [0.1, 0.15) is 27.7 Å². The van der Waals surface area contributed by atoms with Crippen molar-refractivity contribution in [3.8, 4) is 11.4 Å². The monoisotopic (exact) mass is 295 g/mol. The third kappa shape index (κ3) is 4.43. The predicted molar refractivity (Wildman–Crippen MR) is 88.1 cm³/mol. The van der Waals surface area contributed by atoms with Crippen molar-refractivity contribution in [3.63, 3.8) is 0 Å². The molecule has 0 aliphatic rings. The molecule has 20 heavy (non-hydrogen) atoms. The molecule has 0 fully saturated rings. The first-order valence-electron chi connectivity index (χ1n) is 6.22. The van der Waals surface area contributed by atoms with Gasteiger partial charge in [-0.05, 0) is 45.0 Å². The Labute approximate surface area is 158 Å². The van der Waals surface area contributed by atoms with Crippen LogP contribution in [0.3, 0.4) is 0 Å². The Morgan fingerprint density at radius 3 is 2.15 bits per heavy atom. The molecule has 0 aliphatic heterocycles. The molecule has 1 aromatic heterocycles. The molecule has 2 rings (SSSR count). The number of aromatic amines is 1. The molecular weight excluding hydrogens is 273 g/mol. The Hall–Kier alpha value is -0.144. The first-order chi connectivity index (χ1) is 8.61. The summed E-state index contributed by atoms with van der Waals surface area (Å²) in [6.45, 7) is 8.75. The second-order valence-corrected chi connectivity index (χ2v) is 4.85. The molecule has 5 nitrogen and oxygen atoms in total. The predicted octanol–water partition coefficient (Wildman–Crippen LogP) is 0.925. The number of rotatable bonds is 4. The summed E-state index contributed by atoms with van der Waals surface area (Å²) >= 11 is 0. The van der Waals surface area contributed by atoms with Crippen LogP contribution in [0.4, 0.5) is 5.69 Å². The van der Waals surface area contributed by atoms with Crippen LogP contribution in [0.15, 0.2) is 24.3 Å². The molecule has 2 aromatic rings. The molecule has 1 aromatic carbocycles. The van der Waals surface area contributed by atoms with Gasteiger partial charge in [-0.25, -0.2) is 0 Å². The summed E-state index contributed by atoms with van der Waals surface area (Å²) in [5, 5.41) is 14.3. The second kappa shape index (κ2) is 8.99. The molecule has 0 bridgehead atoms. The molecule has 102 valence electrons. The Morgan fingerprint density at radius 1 is 1.05 bits per heavy atom. The minimum atomic E-state index is 0. The third-order valence-corrected chi connectivity index (χ3v) is 2.88. The average Bonchev–Trinajstić information content (AvgIpc) is 2.82. The Balaban J connectivity index is 0.00000180. The van der Waals surface area contributed by atoms with Crippen LogP contribution >= 0.6 is 0 Å². The van der Waals surface area contributed by atoms with Crippen molar-refractivity contribution in [1.82, 2.24) is 20.6 Å². The molecule has 1 N–H and O–H groups in total. The maximum absolute atomic E-state index is 4.07. The van der Waals surface area contributed by atoms with Gasteiger partial charge in [-0.1, -0.05) is 12.1 Å².